The van der Waals surface area contributed by atoms with Crippen molar-refractivity contribution in [1.82, 2.24) is 29.7 Å². The second-order valence-corrected chi connectivity index (χ2v) is 13.8. The minimum Gasteiger partial charge on any atom is -0.494 e. The predicted octanol–water partition coefficient (Wildman–Crippen LogP) is 1.33. The van der Waals surface area contributed by atoms with Crippen LogP contribution in [0.25, 0.3) is 11.8 Å². The largest absolute Gasteiger partial charge is 0.494 e. The first-order chi connectivity index (χ1) is 26.2. The molecule has 5 amide bonds. The zero-order chi connectivity index (χ0) is 37.5. The number of amides is 5. The Labute approximate surface area is 308 Å². The fraction of sp³-hybridized carbons (Fsp3) is 0.342. The van der Waals surface area contributed by atoms with E-state index in [9.17, 15) is 24.0 Å². The van der Waals surface area contributed by atoms with Crippen LogP contribution in [0, 0.1) is 5.92 Å². The van der Waals surface area contributed by atoms with E-state index in [0.29, 0.717) is 53.5 Å². The third-order valence-electron chi connectivity index (χ3n) is 10.5. The third kappa shape index (κ3) is 6.59. The standard InChI is InChI=1S/C38H37N9O7/c1-44(14-15-54-25-8-9-26-27(17-25)38(52)47(37(26)51)31-10-11-33(48)42-36(31)50)24-6-4-22(5-7-24)20-45-21-23-16-30(32(53-2)18-29(23)43-45)41-35(49)28-19-40-46-13-3-12-39-34(28)46/h3,8-9,12-13,16-22,24,31H,4-7,10-11,14-15H2,1-2H3,(H-,41,42,48,49,50)/p+1/b45-20+. The van der Waals surface area contributed by atoms with Gasteiger partial charge < -0.3 is 19.7 Å². The van der Waals surface area contributed by atoms with E-state index in [4.69, 9.17) is 14.6 Å². The fourth-order valence-corrected chi connectivity index (χ4v) is 7.53. The van der Waals surface area contributed by atoms with Crippen molar-refractivity contribution in [3.05, 3.63) is 82.3 Å². The maximum atomic E-state index is 13.2. The molecule has 0 bridgehead atoms. The molecule has 0 spiro atoms. The van der Waals surface area contributed by atoms with E-state index in [2.05, 4.69) is 38.9 Å². The molecule has 5 heterocycles. The van der Waals surface area contributed by atoms with E-state index in [1.165, 1.54) is 6.20 Å². The van der Waals surface area contributed by atoms with Gasteiger partial charge in [-0.1, -0.05) is 4.68 Å². The number of hydrogen-bond donors (Lipinski definition) is 2. The molecular weight excluding hydrogens is 694 g/mol. The third-order valence-corrected chi connectivity index (χ3v) is 10.5. The van der Waals surface area contributed by atoms with E-state index in [1.54, 1.807) is 48.3 Å². The molecule has 4 aromatic rings. The monoisotopic (exact) mass is 732 g/mol. The summed E-state index contributed by atoms with van der Waals surface area (Å²) in [7, 11) is 3.63. The Morgan fingerprint density at radius 1 is 1.07 bits per heavy atom. The normalized spacial score (nSPS) is 21.5. The number of imide groups is 2. The Bertz CT molecular complexity index is 2380. The number of carbonyl (C=O) groups excluding carboxylic acids is 5. The maximum Gasteiger partial charge on any atom is 0.262 e. The van der Waals surface area contributed by atoms with Gasteiger partial charge in [-0.05, 0) is 69.5 Å². The highest BCUT2D eigenvalue weighted by Gasteiger charge is 2.44. The van der Waals surface area contributed by atoms with Crippen LogP contribution in [0.4, 0.5) is 5.69 Å². The Morgan fingerprint density at radius 3 is 2.69 bits per heavy atom. The molecule has 1 saturated heterocycles. The molecular formula is C38H38N9O7+. The van der Waals surface area contributed by atoms with Crippen LogP contribution >= 0.6 is 0 Å². The Balaban J connectivity index is 0.839. The van der Waals surface area contributed by atoms with Gasteiger partial charge in [-0.25, -0.2) is 9.50 Å². The second-order valence-electron chi connectivity index (χ2n) is 13.8. The molecule has 1 atom stereocenters. The first-order valence-corrected chi connectivity index (χ1v) is 17.9. The molecule has 16 heteroatoms. The van der Waals surface area contributed by atoms with Gasteiger partial charge in [0.1, 0.15) is 35.1 Å². The van der Waals surface area contributed by atoms with Crippen molar-refractivity contribution in [3.63, 3.8) is 0 Å². The summed E-state index contributed by atoms with van der Waals surface area (Å²) in [6.07, 6.45) is 13.1. The number of ether oxygens (including phenoxy) is 2. The summed E-state index contributed by atoms with van der Waals surface area (Å²) in [6, 6.07) is 9.55. The Hall–Kier alpha value is -6.29. The van der Waals surface area contributed by atoms with Crippen LogP contribution < -0.4 is 30.7 Å². The summed E-state index contributed by atoms with van der Waals surface area (Å²) < 4.78 is 15.0. The van der Waals surface area contributed by atoms with Crippen LogP contribution in [0.15, 0.2) is 60.1 Å². The molecule has 2 aromatic heterocycles. The van der Waals surface area contributed by atoms with Crippen molar-refractivity contribution in [3.8, 4) is 11.5 Å². The average molecular weight is 733 g/mol. The number of fused-ring (bicyclic) bond motifs is 3. The van der Waals surface area contributed by atoms with Crippen molar-refractivity contribution < 1.29 is 38.1 Å². The molecule has 4 aliphatic rings. The predicted molar refractivity (Wildman–Crippen MR) is 192 cm³/mol. The highest BCUT2D eigenvalue weighted by molar-refractivity contribution is 6.23. The highest BCUT2D eigenvalue weighted by Crippen LogP contribution is 2.31. The molecule has 2 N–H and O–H groups in total. The fourth-order valence-electron chi connectivity index (χ4n) is 7.53. The number of hydrogen-bond acceptors (Lipinski definition) is 11. The Morgan fingerprint density at radius 2 is 1.89 bits per heavy atom. The van der Waals surface area contributed by atoms with Crippen LogP contribution in [0.2, 0.25) is 0 Å². The van der Waals surface area contributed by atoms with Crippen LogP contribution in [0.3, 0.4) is 0 Å². The molecule has 2 fully saturated rings. The van der Waals surface area contributed by atoms with E-state index >= 15 is 0 Å². The van der Waals surface area contributed by atoms with E-state index < -0.39 is 29.7 Å². The minimum absolute atomic E-state index is 0.0683. The Kier molecular flexibility index (Phi) is 9.19. The van der Waals surface area contributed by atoms with Gasteiger partial charge in [0, 0.05) is 48.5 Å². The number of nitrogens with one attached hydrogen (secondary N) is 2. The van der Waals surface area contributed by atoms with Gasteiger partial charge in [0.25, 0.3) is 17.7 Å². The van der Waals surface area contributed by atoms with Gasteiger partial charge in [0.05, 0.1) is 35.3 Å². The first-order valence-electron chi connectivity index (χ1n) is 17.9. The van der Waals surface area contributed by atoms with Crippen molar-refractivity contribution in [2.24, 2.45) is 11.0 Å². The highest BCUT2D eigenvalue weighted by atomic mass is 16.5. The summed E-state index contributed by atoms with van der Waals surface area (Å²) in [5.41, 5.74) is 1.75. The smallest absolute Gasteiger partial charge is 0.262 e. The number of benzene rings is 2. The molecule has 1 saturated carbocycles. The summed E-state index contributed by atoms with van der Waals surface area (Å²) in [5.74, 6) is -1.19. The quantitative estimate of drug-likeness (QED) is 0.179. The number of anilines is 1. The number of likely N-dealkylation sites (N-methyl/N-ethyl adjacent to an activating group) is 1. The van der Waals surface area contributed by atoms with Crippen LogP contribution in [-0.2, 0) is 9.59 Å². The minimum atomic E-state index is -1.01. The molecule has 1 aliphatic carbocycles. The average Bonchev–Trinajstić information content (AvgIpc) is 3.85. The molecule has 16 nitrogen and oxygen atoms in total. The van der Waals surface area contributed by atoms with Gasteiger partial charge in [0.15, 0.2) is 11.9 Å². The topological polar surface area (TPSA) is 180 Å². The number of methoxy groups -OCH3 is 1. The molecule has 1 unspecified atom stereocenters. The zero-order valence-electron chi connectivity index (χ0n) is 29.7. The SMILES string of the molecule is COc1cc2c(cc1NC(=O)c1cnn3cccnc13)=C/[N+](=C\C1CCC(N(C)CCOc3ccc4c(c3)C(=O)N(C3CCC(=O)NC3=O)C4=O)CC1)N=2. The lowest BCUT2D eigenvalue weighted by Gasteiger charge is -2.32. The second kappa shape index (κ2) is 14.3. The number of carbonyl (C=O) groups is 5. The van der Waals surface area contributed by atoms with Gasteiger partial charge >= 0.3 is 0 Å². The molecule has 2 aromatic carbocycles. The van der Waals surface area contributed by atoms with E-state index in [-0.39, 0.29) is 29.9 Å². The molecule has 0 radical (unpaired) electrons. The van der Waals surface area contributed by atoms with Gasteiger partial charge in [-0.3, -0.25) is 34.2 Å². The summed E-state index contributed by atoms with van der Waals surface area (Å²) >= 11 is 0. The summed E-state index contributed by atoms with van der Waals surface area (Å²) in [4.78, 5) is 70.7. The van der Waals surface area contributed by atoms with Crippen LogP contribution in [-0.4, -0.2) is 104 Å². The van der Waals surface area contributed by atoms with Crippen LogP contribution in [0.5, 0.6) is 11.5 Å². The van der Waals surface area contributed by atoms with Gasteiger partial charge in [0.2, 0.25) is 18.0 Å². The lowest BCUT2D eigenvalue weighted by molar-refractivity contribution is -0.424. The first kappa shape index (κ1) is 34.8. The zero-order valence-corrected chi connectivity index (χ0v) is 29.7. The maximum absolute atomic E-state index is 13.2. The van der Waals surface area contributed by atoms with E-state index in [1.807, 2.05) is 23.0 Å². The summed E-state index contributed by atoms with van der Waals surface area (Å²) in [5, 5.41) is 15.7. The van der Waals surface area contributed by atoms with Crippen molar-refractivity contribution >= 4 is 53.3 Å². The van der Waals surface area contributed by atoms with Crippen LogP contribution in [0.1, 0.15) is 69.6 Å². The van der Waals surface area contributed by atoms with Crippen molar-refractivity contribution in [2.45, 2.75) is 50.6 Å². The van der Waals surface area contributed by atoms with Crippen molar-refractivity contribution in [2.75, 3.05) is 32.6 Å². The number of rotatable bonds is 10. The molecule has 276 valence electrons. The number of piperidine rings is 1. The lowest BCUT2D eigenvalue weighted by Crippen LogP contribution is -2.54. The van der Waals surface area contributed by atoms with Crippen molar-refractivity contribution in [1.29, 1.82) is 0 Å². The molecule has 3 aliphatic heterocycles. The van der Waals surface area contributed by atoms with E-state index in [0.717, 1.165) is 41.2 Å². The molecule has 8 rings (SSSR count). The number of nitrogens with zero attached hydrogens (tertiary/aromatic N) is 7. The van der Waals surface area contributed by atoms with Gasteiger partial charge in [-0.2, -0.15) is 5.10 Å². The molecule has 54 heavy (non-hydrogen) atoms. The number of aromatic nitrogens is 3. The van der Waals surface area contributed by atoms with Gasteiger partial charge in [-0.15, -0.1) is 0 Å². The summed E-state index contributed by atoms with van der Waals surface area (Å²) in [6.45, 7) is 1.06. The lowest BCUT2D eigenvalue weighted by atomic mass is 9.86.